The van der Waals surface area contributed by atoms with E-state index in [-0.39, 0.29) is 40.6 Å². The molecule has 6 aliphatic rings. The van der Waals surface area contributed by atoms with Crippen molar-refractivity contribution >= 4 is 18.2 Å². The van der Waals surface area contributed by atoms with E-state index in [9.17, 15) is 19.5 Å². The van der Waals surface area contributed by atoms with Crippen molar-refractivity contribution in [3.8, 4) is 0 Å². The largest absolute Gasteiger partial charge is 0.481 e. The zero-order chi connectivity index (χ0) is 30.4. The highest BCUT2D eigenvalue weighted by molar-refractivity contribution is 5.83. The maximum absolute atomic E-state index is 13.1. The first-order valence-electron chi connectivity index (χ1n) is 16.4. The number of rotatable bonds is 5. The van der Waals surface area contributed by atoms with E-state index in [1.54, 1.807) is 0 Å². The van der Waals surface area contributed by atoms with Crippen LogP contribution in [0.15, 0.2) is 11.6 Å². The molecule has 7 atom stereocenters. The Morgan fingerprint density at radius 1 is 0.952 bits per heavy atom. The van der Waals surface area contributed by atoms with Crippen molar-refractivity contribution in [2.24, 2.45) is 50.2 Å². The molecule has 0 radical (unpaired) electrons. The number of carbonyl (C=O) groups excluding carboxylic acids is 2. The molecule has 1 heterocycles. The Labute approximate surface area is 251 Å². The summed E-state index contributed by atoms with van der Waals surface area (Å²) in [7, 11) is 0. The monoisotopic (exact) mass is 584 g/mol. The quantitative estimate of drug-likeness (QED) is 0.166. The number of esters is 1. The van der Waals surface area contributed by atoms with Gasteiger partial charge in [-0.15, -0.1) is 0 Å². The van der Waals surface area contributed by atoms with Gasteiger partial charge in [-0.25, -0.2) is 0 Å². The van der Waals surface area contributed by atoms with Gasteiger partial charge in [0.1, 0.15) is 19.3 Å². The smallest absolute Gasteiger partial charge is 0.313 e. The number of aldehydes is 1. The van der Waals surface area contributed by atoms with E-state index in [1.165, 1.54) is 5.57 Å². The Morgan fingerprint density at radius 3 is 2.31 bits per heavy atom. The van der Waals surface area contributed by atoms with E-state index in [0.717, 1.165) is 44.9 Å². The minimum atomic E-state index is -0.766. The van der Waals surface area contributed by atoms with Gasteiger partial charge in [-0.05, 0) is 91.8 Å². The molecule has 0 aromatic rings. The SMILES string of the molecule is CC1(C)CC[C@]2(C(=O)O)CC[C@]3(COC(=O)CC=O)C(=CCC4[C@@]5(C)CCC6(OCCO6)C(C)(C)C5CC[C@]43C)C2C1. The number of hydrogen-bond acceptors (Lipinski definition) is 6. The van der Waals surface area contributed by atoms with Gasteiger partial charge in [-0.3, -0.25) is 9.59 Å². The molecule has 5 fully saturated rings. The summed E-state index contributed by atoms with van der Waals surface area (Å²) in [5.74, 6) is -0.998. The van der Waals surface area contributed by atoms with Crippen LogP contribution in [0.5, 0.6) is 0 Å². The van der Waals surface area contributed by atoms with E-state index in [4.69, 9.17) is 14.2 Å². The molecule has 0 amide bonds. The third-order valence-corrected chi connectivity index (χ3v) is 14.3. The Kier molecular flexibility index (Phi) is 6.95. The van der Waals surface area contributed by atoms with Crippen LogP contribution in [0.2, 0.25) is 0 Å². The van der Waals surface area contributed by atoms with Crippen molar-refractivity contribution in [3.05, 3.63) is 11.6 Å². The highest BCUT2D eigenvalue weighted by atomic mass is 16.7. The topological polar surface area (TPSA) is 99.1 Å². The predicted molar refractivity (Wildman–Crippen MR) is 157 cm³/mol. The molecular weight excluding hydrogens is 532 g/mol. The van der Waals surface area contributed by atoms with Gasteiger partial charge in [-0.1, -0.05) is 53.2 Å². The molecule has 0 aromatic carbocycles. The van der Waals surface area contributed by atoms with Crippen LogP contribution < -0.4 is 0 Å². The summed E-state index contributed by atoms with van der Waals surface area (Å²) in [6.45, 7) is 15.7. The van der Waals surface area contributed by atoms with Gasteiger partial charge in [-0.2, -0.15) is 0 Å². The van der Waals surface area contributed by atoms with Crippen molar-refractivity contribution in [1.29, 1.82) is 0 Å². The van der Waals surface area contributed by atoms with E-state index in [1.807, 2.05) is 0 Å². The maximum atomic E-state index is 13.1. The highest BCUT2D eigenvalue weighted by Gasteiger charge is 2.73. The number of allylic oxidation sites excluding steroid dienone is 1. The lowest BCUT2D eigenvalue weighted by atomic mass is 9.33. The number of fused-ring (bicyclic) bond motifs is 7. The van der Waals surface area contributed by atoms with E-state index < -0.39 is 28.6 Å². The Hall–Kier alpha value is -1.73. The normalized spacial score (nSPS) is 44.5. The summed E-state index contributed by atoms with van der Waals surface area (Å²) in [6.07, 6.45) is 11.3. The second kappa shape index (κ2) is 9.63. The molecule has 1 spiro atoms. The first kappa shape index (κ1) is 30.3. The Morgan fingerprint density at radius 2 is 1.64 bits per heavy atom. The summed E-state index contributed by atoms with van der Waals surface area (Å²) >= 11 is 0. The van der Waals surface area contributed by atoms with Crippen molar-refractivity contribution < 1.29 is 33.7 Å². The number of hydrogen-bond donors (Lipinski definition) is 1. The maximum Gasteiger partial charge on any atom is 0.313 e. The van der Waals surface area contributed by atoms with Gasteiger partial charge in [0.2, 0.25) is 0 Å². The lowest BCUT2D eigenvalue weighted by molar-refractivity contribution is -0.308. The fourth-order valence-electron chi connectivity index (χ4n) is 12.0. The zero-order valence-corrected chi connectivity index (χ0v) is 26.7. The molecule has 0 aromatic heterocycles. The molecule has 5 aliphatic carbocycles. The molecule has 7 nitrogen and oxygen atoms in total. The molecule has 4 saturated carbocycles. The number of carboxylic acid groups (broad SMARTS) is 1. The minimum absolute atomic E-state index is 0.0338. The molecule has 1 saturated heterocycles. The van der Waals surface area contributed by atoms with Gasteiger partial charge in [0, 0.05) is 17.3 Å². The molecule has 234 valence electrons. The van der Waals surface area contributed by atoms with Crippen LogP contribution in [-0.4, -0.2) is 48.9 Å². The predicted octanol–water partition coefficient (Wildman–Crippen LogP) is 6.73. The summed E-state index contributed by atoms with van der Waals surface area (Å²) < 4.78 is 18.8. The highest BCUT2D eigenvalue weighted by Crippen LogP contribution is 2.77. The van der Waals surface area contributed by atoms with E-state index in [0.29, 0.717) is 50.6 Å². The molecule has 0 bridgehead atoms. The number of ether oxygens (including phenoxy) is 3. The Balaban J connectivity index is 1.46. The van der Waals surface area contributed by atoms with Gasteiger partial charge in [0.15, 0.2) is 5.79 Å². The van der Waals surface area contributed by atoms with Gasteiger partial charge < -0.3 is 24.1 Å². The number of carbonyl (C=O) groups is 3. The molecular formula is C35H52O7. The second-order valence-electron chi connectivity index (χ2n) is 16.6. The fourth-order valence-corrected chi connectivity index (χ4v) is 12.0. The van der Waals surface area contributed by atoms with Crippen LogP contribution in [0.3, 0.4) is 0 Å². The van der Waals surface area contributed by atoms with Crippen LogP contribution in [0.4, 0.5) is 0 Å². The van der Waals surface area contributed by atoms with E-state index >= 15 is 0 Å². The Bertz CT molecular complexity index is 1180. The number of aliphatic carboxylic acids is 1. The summed E-state index contributed by atoms with van der Waals surface area (Å²) in [6, 6.07) is 0. The average molecular weight is 585 g/mol. The van der Waals surface area contributed by atoms with Crippen LogP contribution >= 0.6 is 0 Å². The molecule has 3 unspecified atom stereocenters. The third kappa shape index (κ3) is 3.87. The first-order valence-corrected chi connectivity index (χ1v) is 16.4. The molecule has 6 rings (SSSR count). The van der Waals surface area contributed by atoms with Crippen molar-refractivity contribution in [1.82, 2.24) is 0 Å². The van der Waals surface area contributed by atoms with Crippen LogP contribution in [0.1, 0.15) is 112 Å². The first-order chi connectivity index (χ1) is 19.6. The molecule has 42 heavy (non-hydrogen) atoms. The lowest BCUT2D eigenvalue weighted by Gasteiger charge is -2.72. The molecule has 7 heteroatoms. The second-order valence-corrected chi connectivity index (χ2v) is 16.6. The summed E-state index contributed by atoms with van der Waals surface area (Å²) in [5.41, 5.74) is -0.217. The number of carboxylic acids is 1. The zero-order valence-electron chi connectivity index (χ0n) is 26.7. The van der Waals surface area contributed by atoms with Gasteiger partial charge >= 0.3 is 11.9 Å². The van der Waals surface area contributed by atoms with Crippen LogP contribution in [-0.2, 0) is 28.6 Å². The third-order valence-electron chi connectivity index (χ3n) is 14.3. The van der Waals surface area contributed by atoms with Crippen molar-refractivity contribution in [2.45, 2.75) is 118 Å². The summed E-state index contributed by atoms with van der Waals surface area (Å²) in [5, 5.41) is 10.7. The van der Waals surface area contributed by atoms with Crippen LogP contribution in [0, 0.1) is 50.2 Å². The van der Waals surface area contributed by atoms with Gasteiger partial charge in [0.25, 0.3) is 0 Å². The minimum Gasteiger partial charge on any atom is -0.481 e. The van der Waals surface area contributed by atoms with Crippen LogP contribution in [0.25, 0.3) is 0 Å². The van der Waals surface area contributed by atoms with Crippen molar-refractivity contribution in [2.75, 3.05) is 19.8 Å². The van der Waals surface area contributed by atoms with Crippen molar-refractivity contribution in [3.63, 3.8) is 0 Å². The van der Waals surface area contributed by atoms with E-state index in [2.05, 4.69) is 47.6 Å². The molecule has 1 aliphatic heterocycles. The average Bonchev–Trinajstić information content (AvgIpc) is 3.41. The van der Waals surface area contributed by atoms with Gasteiger partial charge in [0.05, 0.1) is 18.6 Å². The fraction of sp³-hybridized carbons (Fsp3) is 0.857. The standard InChI is InChI=1S/C35H52O7/c1-29(2)12-14-33(28(38)39)15-16-34(22-40-27(37)10-18-36)23(24(33)21-29)7-8-26-31(5)13-17-35(41-19-20-42-35)30(3,4)25(31)9-11-32(26,34)6/h7,18,24-26H,8-17,19-22H2,1-6H3,(H,38,39)/t24?,25?,26?,31-,32+,33-,34-/m0/s1. The summed E-state index contributed by atoms with van der Waals surface area (Å²) in [4.78, 5) is 37.0. The molecule has 1 N–H and O–H groups in total. The lowest BCUT2D eigenvalue weighted by Crippen LogP contribution is -2.68.